The number of nitrogens with zero attached hydrogens (tertiary/aromatic N) is 1. The minimum Gasteiger partial charge on any atom is -0.397 e. The Morgan fingerprint density at radius 2 is 1.76 bits per heavy atom. The number of hydrogen-bond donors (Lipinski definition) is 2. The second kappa shape index (κ2) is 5.93. The number of nitrogens with two attached hydrogens (primary N) is 1. The van der Waals surface area contributed by atoms with Crippen molar-refractivity contribution in [2.75, 3.05) is 29.0 Å². The second-order valence-electron chi connectivity index (χ2n) is 5.22. The summed E-state index contributed by atoms with van der Waals surface area (Å²) in [5.74, 6) is -0.333. The molecule has 21 heavy (non-hydrogen) atoms. The van der Waals surface area contributed by atoms with E-state index in [1.54, 1.807) is 6.07 Å². The van der Waals surface area contributed by atoms with E-state index < -0.39 is 0 Å². The van der Waals surface area contributed by atoms with Crippen molar-refractivity contribution in [2.45, 2.75) is 12.8 Å². The Bertz CT molecular complexity index is 637. The largest absolute Gasteiger partial charge is 0.397 e. The number of hydrogen-bond acceptors (Lipinski definition) is 3. The van der Waals surface area contributed by atoms with Gasteiger partial charge in [0.05, 0.1) is 15.8 Å². The lowest BCUT2D eigenvalue weighted by molar-refractivity contribution is 0.622. The van der Waals surface area contributed by atoms with Gasteiger partial charge >= 0.3 is 0 Å². The third kappa shape index (κ3) is 3.13. The fourth-order valence-corrected chi connectivity index (χ4v) is 2.92. The molecule has 0 amide bonds. The highest BCUT2D eigenvalue weighted by molar-refractivity contribution is 9.10. The van der Waals surface area contributed by atoms with Crippen molar-refractivity contribution in [1.29, 1.82) is 0 Å². The molecule has 1 saturated heterocycles. The van der Waals surface area contributed by atoms with E-state index in [1.165, 1.54) is 24.6 Å². The van der Waals surface area contributed by atoms with E-state index >= 15 is 0 Å². The van der Waals surface area contributed by atoms with Gasteiger partial charge in [0.15, 0.2) is 0 Å². The van der Waals surface area contributed by atoms with Crippen molar-refractivity contribution in [3.63, 3.8) is 0 Å². The molecule has 1 heterocycles. The SMILES string of the molecule is Nc1cc(Br)c(F)cc1Nc1ccc(N2CCCC2)cc1. The monoisotopic (exact) mass is 349 g/mol. The summed E-state index contributed by atoms with van der Waals surface area (Å²) >= 11 is 3.12. The van der Waals surface area contributed by atoms with E-state index in [0.29, 0.717) is 15.8 Å². The zero-order valence-corrected chi connectivity index (χ0v) is 13.2. The Hall–Kier alpha value is -1.75. The Balaban J connectivity index is 1.77. The Morgan fingerprint density at radius 3 is 2.43 bits per heavy atom. The first-order valence-electron chi connectivity index (χ1n) is 7.00. The van der Waals surface area contributed by atoms with Gasteiger partial charge in [0.2, 0.25) is 0 Å². The molecule has 110 valence electrons. The molecule has 1 aliphatic rings. The molecule has 2 aromatic rings. The maximum atomic E-state index is 13.6. The van der Waals surface area contributed by atoms with Gasteiger partial charge in [-0.25, -0.2) is 4.39 Å². The van der Waals surface area contributed by atoms with Gasteiger partial charge in [-0.05, 0) is 59.1 Å². The summed E-state index contributed by atoms with van der Waals surface area (Å²) in [5.41, 5.74) is 9.10. The summed E-state index contributed by atoms with van der Waals surface area (Å²) in [6.07, 6.45) is 2.52. The van der Waals surface area contributed by atoms with Crippen molar-refractivity contribution in [1.82, 2.24) is 0 Å². The van der Waals surface area contributed by atoms with Crippen molar-refractivity contribution >= 4 is 38.7 Å². The molecular formula is C16H17BrFN3. The van der Waals surface area contributed by atoms with Gasteiger partial charge in [0.25, 0.3) is 0 Å². The fraction of sp³-hybridized carbons (Fsp3) is 0.250. The molecule has 1 aliphatic heterocycles. The molecule has 5 heteroatoms. The lowest BCUT2D eigenvalue weighted by atomic mass is 10.2. The van der Waals surface area contributed by atoms with Crippen LogP contribution in [0.3, 0.4) is 0 Å². The van der Waals surface area contributed by atoms with Crippen LogP contribution in [0.2, 0.25) is 0 Å². The van der Waals surface area contributed by atoms with Gasteiger partial charge in [-0.3, -0.25) is 0 Å². The highest BCUT2D eigenvalue weighted by Crippen LogP contribution is 2.30. The molecule has 0 aliphatic carbocycles. The van der Waals surface area contributed by atoms with Gasteiger partial charge < -0.3 is 16.0 Å². The highest BCUT2D eigenvalue weighted by Gasteiger charge is 2.12. The first-order valence-corrected chi connectivity index (χ1v) is 7.79. The quantitative estimate of drug-likeness (QED) is 0.800. The summed E-state index contributed by atoms with van der Waals surface area (Å²) in [6.45, 7) is 2.25. The number of halogens is 2. The average Bonchev–Trinajstić information content (AvgIpc) is 3.00. The molecule has 0 saturated carbocycles. The number of benzene rings is 2. The molecule has 3 nitrogen and oxygen atoms in total. The fourth-order valence-electron chi connectivity index (χ4n) is 2.56. The molecule has 0 unspecified atom stereocenters. The summed E-state index contributed by atoms with van der Waals surface area (Å²) < 4.78 is 14.0. The topological polar surface area (TPSA) is 41.3 Å². The lowest BCUT2D eigenvalue weighted by Gasteiger charge is -2.18. The first kappa shape index (κ1) is 14.2. The average molecular weight is 350 g/mol. The Kier molecular flexibility index (Phi) is 4.01. The molecule has 2 aromatic carbocycles. The zero-order chi connectivity index (χ0) is 14.8. The third-order valence-electron chi connectivity index (χ3n) is 3.71. The van der Waals surface area contributed by atoms with Crippen molar-refractivity contribution in [3.05, 3.63) is 46.7 Å². The van der Waals surface area contributed by atoms with Crippen LogP contribution < -0.4 is 16.0 Å². The van der Waals surface area contributed by atoms with Crippen LogP contribution in [0.4, 0.5) is 27.1 Å². The van der Waals surface area contributed by atoms with Crippen molar-refractivity contribution in [2.24, 2.45) is 0 Å². The van der Waals surface area contributed by atoms with Crippen LogP contribution in [-0.4, -0.2) is 13.1 Å². The van der Waals surface area contributed by atoms with Gasteiger partial charge in [-0.2, -0.15) is 0 Å². The number of nitrogens with one attached hydrogen (secondary N) is 1. The van der Waals surface area contributed by atoms with E-state index in [0.717, 1.165) is 18.8 Å². The zero-order valence-electron chi connectivity index (χ0n) is 11.6. The predicted molar refractivity (Wildman–Crippen MR) is 89.7 cm³/mol. The Morgan fingerprint density at radius 1 is 1.10 bits per heavy atom. The molecule has 3 rings (SSSR count). The summed E-state index contributed by atoms with van der Waals surface area (Å²) in [5, 5.41) is 3.15. The van der Waals surface area contributed by atoms with E-state index in [-0.39, 0.29) is 5.82 Å². The van der Waals surface area contributed by atoms with E-state index in [1.807, 2.05) is 12.1 Å². The van der Waals surface area contributed by atoms with Gasteiger partial charge in [0, 0.05) is 30.5 Å². The van der Waals surface area contributed by atoms with Crippen LogP contribution in [0.15, 0.2) is 40.9 Å². The van der Waals surface area contributed by atoms with Gasteiger partial charge in [-0.1, -0.05) is 0 Å². The van der Waals surface area contributed by atoms with Crippen LogP contribution >= 0.6 is 15.9 Å². The van der Waals surface area contributed by atoms with Crippen LogP contribution in [0.25, 0.3) is 0 Å². The van der Waals surface area contributed by atoms with E-state index in [2.05, 4.69) is 38.3 Å². The third-order valence-corrected chi connectivity index (χ3v) is 4.32. The van der Waals surface area contributed by atoms with Crippen molar-refractivity contribution in [3.8, 4) is 0 Å². The van der Waals surface area contributed by atoms with Crippen LogP contribution in [-0.2, 0) is 0 Å². The molecule has 0 radical (unpaired) electrons. The van der Waals surface area contributed by atoms with E-state index in [9.17, 15) is 4.39 Å². The summed E-state index contributed by atoms with van der Waals surface area (Å²) in [7, 11) is 0. The normalized spacial score (nSPS) is 14.5. The van der Waals surface area contributed by atoms with Gasteiger partial charge in [-0.15, -0.1) is 0 Å². The standard InChI is InChI=1S/C16H17BrFN3/c17-13-9-15(19)16(10-14(13)18)20-11-3-5-12(6-4-11)21-7-1-2-8-21/h3-6,9-10,20H,1-2,7-8,19H2. The predicted octanol–water partition coefficient (Wildman–Crippen LogP) is 4.51. The van der Waals surface area contributed by atoms with Crippen molar-refractivity contribution < 1.29 is 4.39 Å². The minimum atomic E-state index is -0.333. The number of rotatable bonds is 3. The summed E-state index contributed by atoms with van der Waals surface area (Å²) in [4.78, 5) is 2.37. The molecular weight excluding hydrogens is 333 g/mol. The van der Waals surface area contributed by atoms with Crippen LogP contribution in [0.1, 0.15) is 12.8 Å². The lowest BCUT2D eigenvalue weighted by Crippen LogP contribution is -2.17. The smallest absolute Gasteiger partial charge is 0.139 e. The molecule has 0 atom stereocenters. The Labute approximate surface area is 132 Å². The summed E-state index contributed by atoms with van der Waals surface area (Å²) in [6, 6.07) is 11.1. The van der Waals surface area contributed by atoms with Crippen LogP contribution in [0.5, 0.6) is 0 Å². The molecule has 0 aromatic heterocycles. The maximum Gasteiger partial charge on any atom is 0.139 e. The number of anilines is 4. The maximum absolute atomic E-state index is 13.6. The first-order chi connectivity index (χ1) is 10.1. The molecule has 1 fully saturated rings. The minimum absolute atomic E-state index is 0.333. The van der Waals surface area contributed by atoms with E-state index in [4.69, 9.17) is 5.73 Å². The van der Waals surface area contributed by atoms with Gasteiger partial charge in [0.1, 0.15) is 5.82 Å². The molecule has 0 spiro atoms. The second-order valence-corrected chi connectivity index (χ2v) is 6.07. The number of nitrogen functional groups attached to an aromatic ring is 1. The van der Waals surface area contributed by atoms with Crippen LogP contribution in [0, 0.1) is 5.82 Å². The molecule has 3 N–H and O–H groups in total. The molecule has 0 bridgehead atoms. The highest BCUT2D eigenvalue weighted by atomic mass is 79.9.